The molecule has 1 aromatic rings. The molecule has 0 aromatic carbocycles. The summed E-state index contributed by atoms with van der Waals surface area (Å²) in [4.78, 5) is 27.0. The molecular formula is C16H23NO4. The van der Waals surface area contributed by atoms with Crippen LogP contribution in [0.3, 0.4) is 0 Å². The molecule has 0 bridgehead atoms. The number of aromatic amines is 1. The summed E-state index contributed by atoms with van der Waals surface area (Å²) in [6.45, 7) is 5.77. The number of aromatic nitrogens is 1. The number of carbonyl (C=O) groups excluding carboxylic acids is 1. The van der Waals surface area contributed by atoms with E-state index in [9.17, 15) is 9.59 Å². The van der Waals surface area contributed by atoms with Crippen LogP contribution >= 0.6 is 0 Å². The van der Waals surface area contributed by atoms with E-state index in [0.717, 1.165) is 36.9 Å². The number of pyridine rings is 1. The summed E-state index contributed by atoms with van der Waals surface area (Å²) < 4.78 is 11.1. The smallest absolute Gasteiger partial charge is 0.347 e. The lowest BCUT2D eigenvalue weighted by atomic mass is 10.1. The molecule has 5 nitrogen and oxygen atoms in total. The van der Waals surface area contributed by atoms with Gasteiger partial charge in [-0.1, -0.05) is 6.92 Å². The zero-order valence-electron chi connectivity index (χ0n) is 13.0. The van der Waals surface area contributed by atoms with Crippen LogP contribution in [0.15, 0.2) is 4.79 Å². The molecule has 1 fully saturated rings. The molecule has 0 spiro atoms. The maximum absolute atomic E-state index is 12.2. The predicted octanol–water partition coefficient (Wildman–Crippen LogP) is 2.74. The van der Waals surface area contributed by atoms with E-state index in [4.69, 9.17) is 9.47 Å². The first-order valence-corrected chi connectivity index (χ1v) is 7.68. The van der Waals surface area contributed by atoms with Crippen LogP contribution in [0, 0.1) is 6.92 Å². The highest BCUT2D eigenvalue weighted by atomic mass is 16.5. The molecule has 21 heavy (non-hydrogen) atoms. The van der Waals surface area contributed by atoms with Crippen LogP contribution in [-0.4, -0.2) is 23.7 Å². The predicted molar refractivity (Wildman–Crippen MR) is 80.0 cm³/mol. The Morgan fingerprint density at radius 2 is 1.95 bits per heavy atom. The summed E-state index contributed by atoms with van der Waals surface area (Å²) in [5.74, 6) is -0.189. The van der Waals surface area contributed by atoms with E-state index < -0.39 is 11.5 Å². The minimum atomic E-state index is -0.610. The Labute approximate surface area is 124 Å². The average molecular weight is 293 g/mol. The largest absolute Gasteiger partial charge is 0.489 e. The fraction of sp³-hybridized carbons (Fsp3) is 0.625. The number of H-pyrrole nitrogens is 1. The quantitative estimate of drug-likeness (QED) is 0.848. The molecule has 1 heterocycles. The van der Waals surface area contributed by atoms with Gasteiger partial charge in [-0.25, -0.2) is 4.79 Å². The van der Waals surface area contributed by atoms with Crippen LogP contribution in [-0.2, 0) is 11.2 Å². The van der Waals surface area contributed by atoms with E-state index in [1.54, 1.807) is 6.92 Å². The van der Waals surface area contributed by atoms with E-state index in [2.05, 4.69) is 4.98 Å². The molecule has 1 aromatic heterocycles. The van der Waals surface area contributed by atoms with E-state index in [0.29, 0.717) is 12.2 Å². The molecular weight excluding hydrogens is 270 g/mol. The SMILES string of the molecule is CCOC(=O)c1c(OC2CCCC2)c(CC)c(C)[nH]c1=O. The summed E-state index contributed by atoms with van der Waals surface area (Å²) in [5.41, 5.74) is 1.20. The highest BCUT2D eigenvalue weighted by Crippen LogP contribution is 2.30. The molecule has 2 rings (SSSR count). The van der Waals surface area contributed by atoms with Crippen LogP contribution in [0.2, 0.25) is 0 Å². The van der Waals surface area contributed by atoms with Gasteiger partial charge < -0.3 is 14.5 Å². The number of aryl methyl sites for hydroxylation is 1. The minimum absolute atomic E-state index is 0.00574. The molecule has 1 aliphatic carbocycles. The van der Waals surface area contributed by atoms with Crippen molar-refractivity contribution in [3.05, 3.63) is 27.2 Å². The van der Waals surface area contributed by atoms with Crippen molar-refractivity contribution in [1.29, 1.82) is 0 Å². The third-order valence-electron chi connectivity index (χ3n) is 3.90. The molecule has 0 unspecified atom stereocenters. The average Bonchev–Trinajstić information content (AvgIpc) is 2.92. The van der Waals surface area contributed by atoms with Gasteiger partial charge in [0.05, 0.1) is 12.7 Å². The van der Waals surface area contributed by atoms with Crippen molar-refractivity contribution >= 4 is 5.97 Å². The molecule has 5 heteroatoms. The van der Waals surface area contributed by atoms with E-state index in [1.165, 1.54) is 0 Å². The van der Waals surface area contributed by atoms with Crippen molar-refractivity contribution in [1.82, 2.24) is 4.98 Å². The van der Waals surface area contributed by atoms with Gasteiger partial charge in [0.15, 0.2) is 5.56 Å². The van der Waals surface area contributed by atoms with Gasteiger partial charge in [0.2, 0.25) is 0 Å². The standard InChI is InChI=1S/C16H23NO4/c1-4-12-10(3)17-15(18)13(16(19)20-5-2)14(12)21-11-8-6-7-9-11/h11H,4-9H2,1-3H3,(H,17,18). The van der Waals surface area contributed by atoms with Crippen molar-refractivity contribution in [3.8, 4) is 5.75 Å². The summed E-state index contributed by atoms with van der Waals surface area (Å²) in [7, 11) is 0. The van der Waals surface area contributed by atoms with Crippen LogP contribution in [0.25, 0.3) is 0 Å². The van der Waals surface area contributed by atoms with Gasteiger partial charge in [0.1, 0.15) is 5.75 Å². The zero-order chi connectivity index (χ0) is 15.4. The normalized spacial score (nSPS) is 15.2. The maximum atomic E-state index is 12.2. The summed E-state index contributed by atoms with van der Waals surface area (Å²) in [6, 6.07) is 0. The third kappa shape index (κ3) is 3.28. The Morgan fingerprint density at radius 1 is 1.29 bits per heavy atom. The van der Waals surface area contributed by atoms with Gasteiger partial charge in [-0.15, -0.1) is 0 Å². The third-order valence-corrected chi connectivity index (χ3v) is 3.90. The van der Waals surface area contributed by atoms with Crippen LogP contribution in [0.1, 0.15) is 61.1 Å². The van der Waals surface area contributed by atoms with E-state index >= 15 is 0 Å². The van der Waals surface area contributed by atoms with Gasteiger partial charge in [-0.3, -0.25) is 4.79 Å². The first-order valence-electron chi connectivity index (χ1n) is 7.68. The molecule has 0 aliphatic heterocycles. The lowest BCUT2D eigenvalue weighted by Gasteiger charge is -2.19. The summed E-state index contributed by atoms with van der Waals surface area (Å²) in [6.07, 6.45) is 4.97. The van der Waals surface area contributed by atoms with E-state index in [1.807, 2.05) is 13.8 Å². The summed E-state index contributed by atoms with van der Waals surface area (Å²) in [5, 5.41) is 0. The molecule has 1 saturated carbocycles. The Morgan fingerprint density at radius 3 is 2.52 bits per heavy atom. The van der Waals surface area contributed by atoms with Crippen molar-refractivity contribution in [3.63, 3.8) is 0 Å². The molecule has 1 aliphatic rings. The van der Waals surface area contributed by atoms with Crippen molar-refractivity contribution in [2.24, 2.45) is 0 Å². The van der Waals surface area contributed by atoms with Crippen LogP contribution in [0.5, 0.6) is 5.75 Å². The number of esters is 1. The van der Waals surface area contributed by atoms with Crippen molar-refractivity contribution in [2.75, 3.05) is 6.61 Å². The molecule has 0 saturated heterocycles. The van der Waals surface area contributed by atoms with Crippen LogP contribution in [0.4, 0.5) is 0 Å². The fourth-order valence-electron chi connectivity index (χ4n) is 2.85. The van der Waals surface area contributed by atoms with Gasteiger partial charge in [0.25, 0.3) is 5.56 Å². The van der Waals surface area contributed by atoms with Gasteiger partial charge in [-0.2, -0.15) is 0 Å². The van der Waals surface area contributed by atoms with Crippen molar-refractivity contribution in [2.45, 2.75) is 59.0 Å². The second kappa shape index (κ2) is 6.78. The monoisotopic (exact) mass is 293 g/mol. The Balaban J connectivity index is 2.49. The maximum Gasteiger partial charge on any atom is 0.347 e. The van der Waals surface area contributed by atoms with E-state index in [-0.39, 0.29) is 18.3 Å². The number of hydrogen-bond donors (Lipinski definition) is 1. The van der Waals surface area contributed by atoms with Gasteiger partial charge >= 0.3 is 5.97 Å². The van der Waals surface area contributed by atoms with Gasteiger partial charge in [0, 0.05) is 11.3 Å². The fourth-order valence-corrected chi connectivity index (χ4v) is 2.85. The lowest BCUT2D eigenvalue weighted by Crippen LogP contribution is -2.26. The lowest BCUT2D eigenvalue weighted by molar-refractivity contribution is 0.0516. The minimum Gasteiger partial charge on any atom is -0.489 e. The Kier molecular flexibility index (Phi) is 5.04. The number of carbonyl (C=O) groups is 1. The topological polar surface area (TPSA) is 68.4 Å². The zero-order valence-corrected chi connectivity index (χ0v) is 13.0. The highest BCUT2D eigenvalue weighted by molar-refractivity contribution is 5.92. The first-order chi connectivity index (χ1) is 10.1. The molecule has 1 N–H and O–H groups in total. The Hall–Kier alpha value is -1.78. The highest BCUT2D eigenvalue weighted by Gasteiger charge is 2.26. The number of hydrogen-bond acceptors (Lipinski definition) is 4. The molecule has 0 atom stereocenters. The van der Waals surface area contributed by atoms with Crippen LogP contribution < -0.4 is 10.3 Å². The molecule has 0 radical (unpaired) electrons. The summed E-state index contributed by atoms with van der Waals surface area (Å²) >= 11 is 0. The van der Waals surface area contributed by atoms with Gasteiger partial charge in [-0.05, 0) is 46.0 Å². The second-order valence-electron chi connectivity index (χ2n) is 5.36. The first kappa shape index (κ1) is 15.6. The molecule has 0 amide bonds. The van der Waals surface area contributed by atoms with Crippen molar-refractivity contribution < 1.29 is 14.3 Å². The Bertz CT molecular complexity index is 570. The number of rotatable bonds is 5. The molecule has 116 valence electrons. The number of nitrogens with one attached hydrogen (secondary N) is 1. The number of ether oxygens (including phenoxy) is 2. The second-order valence-corrected chi connectivity index (χ2v) is 5.36.